The number of carbonyl (C=O) groups is 1. The minimum Gasteiger partial charge on any atom is -0.398 e. The molecule has 0 aromatic heterocycles. The van der Waals surface area contributed by atoms with Crippen LogP contribution in [0.2, 0.25) is 0 Å². The molecular weight excluding hydrogens is 324 g/mol. The summed E-state index contributed by atoms with van der Waals surface area (Å²) < 4.78 is 0.989. The number of benzene rings is 1. The third-order valence-electron chi connectivity index (χ3n) is 3.34. The molecule has 1 fully saturated rings. The summed E-state index contributed by atoms with van der Waals surface area (Å²) in [4.78, 5) is 15.1. The first kappa shape index (κ1) is 14.7. The molecule has 1 amide bonds. The molecule has 0 spiro atoms. The Morgan fingerprint density at radius 1 is 1.58 bits per heavy atom. The molecule has 0 saturated carbocycles. The Hall–Kier alpha value is -0.680. The summed E-state index contributed by atoms with van der Waals surface area (Å²) in [6.07, 6.45) is 2.35. The van der Waals surface area contributed by atoms with Gasteiger partial charge in [0.2, 0.25) is 5.91 Å². The molecule has 1 atom stereocenters. The Labute approximate surface area is 127 Å². The maximum atomic E-state index is 12.2. The number of carbonyl (C=O) groups excluding carboxylic acids is 1. The van der Waals surface area contributed by atoms with Crippen molar-refractivity contribution in [3.63, 3.8) is 0 Å². The number of piperidine rings is 1. The van der Waals surface area contributed by atoms with Crippen LogP contribution in [0, 0.1) is 5.92 Å². The van der Waals surface area contributed by atoms with E-state index < -0.39 is 0 Å². The fourth-order valence-corrected chi connectivity index (χ4v) is 3.70. The molecule has 2 N–H and O–H groups in total. The van der Waals surface area contributed by atoms with E-state index >= 15 is 0 Å². The van der Waals surface area contributed by atoms with E-state index in [4.69, 9.17) is 5.73 Å². The van der Waals surface area contributed by atoms with E-state index in [0.29, 0.717) is 11.7 Å². The molecule has 1 aliphatic heterocycles. The number of hydrogen-bond donors (Lipinski definition) is 1. The summed E-state index contributed by atoms with van der Waals surface area (Å²) in [6.45, 7) is 4.00. The Morgan fingerprint density at radius 2 is 2.37 bits per heavy atom. The van der Waals surface area contributed by atoms with Gasteiger partial charge in [-0.1, -0.05) is 22.9 Å². The van der Waals surface area contributed by atoms with Crippen molar-refractivity contribution in [2.75, 3.05) is 24.6 Å². The molecule has 1 aliphatic rings. The minimum absolute atomic E-state index is 0.218. The monoisotopic (exact) mass is 342 g/mol. The third kappa shape index (κ3) is 4.14. The van der Waals surface area contributed by atoms with Gasteiger partial charge in [0.05, 0.1) is 5.75 Å². The summed E-state index contributed by atoms with van der Waals surface area (Å²) in [6, 6.07) is 5.74. The molecule has 104 valence electrons. The van der Waals surface area contributed by atoms with Crippen LogP contribution in [0.5, 0.6) is 0 Å². The largest absolute Gasteiger partial charge is 0.398 e. The number of halogens is 1. The zero-order chi connectivity index (χ0) is 13.8. The van der Waals surface area contributed by atoms with Crippen molar-refractivity contribution in [3.8, 4) is 0 Å². The van der Waals surface area contributed by atoms with E-state index in [1.54, 1.807) is 0 Å². The second-order valence-corrected chi connectivity index (χ2v) is 6.99. The van der Waals surface area contributed by atoms with Gasteiger partial charge in [0, 0.05) is 28.1 Å². The molecule has 3 nitrogen and oxygen atoms in total. The van der Waals surface area contributed by atoms with Crippen molar-refractivity contribution in [1.82, 2.24) is 4.90 Å². The SMILES string of the molecule is CC1CCCN(C(=O)CSc2cc(Br)ccc2N)C1. The Bertz CT molecular complexity index is 467. The van der Waals surface area contributed by atoms with Crippen molar-refractivity contribution >= 4 is 39.3 Å². The highest BCUT2D eigenvalue weighted by molar-refractivity contribution is 9.10. The zero-order valence-corrected chi connectivity index (χ0v) is 13.5. The molecule has 1 aromatic carbocycles. The van der Waals surface area contributed by atoms with E-state index in [1.807, 2.05) is 23.1 Å². The maximum absolute atomic E-state index is 12.2. The van der Waals surface area contributed by atoms with Crippen LogP contribution in [0.3, 0.4) is 0 Å². The zero-order valence-electron chi connectivity index (χ0n) is 11.1. The molecule has 0 aliphatic carbocycles. The first-order valence-corrected chi connectivity index (χ1v) is 8.29. The Kier molecular flexibility index (Phi) is 5.16. The van der Waals surface area contributed by atoms with E-state index in [1.165, 1.54) is 18.2 Å². The minimum atomic E-state index is 0.218. The van der Waals surface area contributed by atoms with Gasteiger partial charge in [0.25, 0.3) is 0 Å². The van der Waals surface area contributed by atoms with Gasteiger partial charge in [-0.15, -0.1) is 11.8 Å². The van der Waals surface area contributed by atoms with E-state index in [9.17, 15) is 4.79 Å². The van der Waals surface area contributed by atoms with Gasteiger partial charge >= 0.3 is 0 Å². The van der Waals surface area contributed by atoms with Gasteiger partial charge in [-0.25, -0.2) is 0 Å². The summed E-state index contributed by atoms with van der Waals surface area (Å²) in [7, 11) is 0. The lowest BCUT2D eigenvalue weighted by Crippen LogP contribution is -2.40. The van der Waals surface area contributed by atoms with Gasteiger partial charge < -0.3 is 10.6 Å². The average Bonchev–Trinajstić information content (AvgIpc) is 2.39. The van der Waals surface area contributed by atoms with Gasteiger partial charge in [-0.2, -0.15) is 0 Å². The fraction of sp³-hybridized carbons (Fsp3) is 0.500. The molecule has 1 aromatic rings. The average molecular weight is 343 g/mol. The molecule has 0 radical (unpaired) electrons. The maximum Gasteiger partial charge on any atom is 0.232 e. The number of rotatable bonds is 3. The molecule has 19 heavy (non-hydrogen) atoms. The number of likely N-dealkylation sites (tertiary alicyclic amines) is 1. The van der Waals surface area contributed by atoms with Crippen LogP contribution in [0.4, 0.5) is 5.69 Å². The van der Waals surface area contributed by atoms with Crippen LogP contribution in [-0.2, 0) is 4.79 Å². The predicted octanol–water partition coefficient (Wildman–Crippen LogP) is 3.38. The predicted molar refractivity (Wildman–Crippen MR) is 84.3 cm³/mol. The Morgan fingerprint density at radius 3 is 3.11 bits per heavy atom. The number of hydrogen-bond acceptors (Lipinski definition) is 3. The van der Waals surface area contributed by atoms with Crippen molar-refractivity contribution < 1.29 is 4.79 Å². The number of nitrogen functional groups attached to an aromatic ring is 1. The number of amides is 1. The van der Waals surface area contributed by atoms with Crippen molar-refractivity contribution in [2.24, 2.45) is 5.92 Å². The van der Waals surface area contributed by atoms with Crippen LogP contribution >= 0.6 is 27.7 Å². The third-order valence-corrected chi connectivity index (χ3v) is 4.89. The lowest BCUT2D eigenvalue weighted by Gasteiger charge is -2.30. The first-order valence-electron chi connectivity index (χ1n) is 6.52. The molecular formula is C14H19BrN2OS. The second kappa shape index (κ2) is 6.66. The summed E-state index contributed by atoms with van der Waals surface area (Å²) in [5, 5.41) is 0. The molecule has 1 saturated heterocycles. The molecule has 2 rings (SSSR count). The number of anilines is 1. The summed E-state index contributed by atoms with van der Waals surface area (Å²) in [5.74, 6) is 1.31. The van der Waals surface area contributed by atoms with Gasteiger partial charge in [0.15, 0.2) is 0 Å². The van der Waals surface area contributed by atoms with Crippen molar-refractivity contribution in [1.29, 1.82) is 0 Å². The molecule has 1 heterocycles. The number of nitrogens with two attached hydrogens (primary N) is 1. The molecule has 1 unspecified atom stereocenters. The standard InChI is InChI=1S/C14H19BrN2OS/c1-10-3-2-6-17(8-10)14(18)9-19-13-7-11(15)4-5-12(13)16/h4-5,7,10H,2-3,6,8-9,16H2,1H3. The van der Waals surface area contributed by atoms with Crippen molar-refractivity contribution in [2.45, 2.75) is 24.7 Å². The quantitative estimate of drug-likeness (QED) is 0.676. The van der Waals surface area contributed by atoms with Crippen LogP contribution in [0.15, 0.2) is 27.6 Å². The van der Waals surface area contributed by atoms with Crippen molar-refractivity contribution in [3.05, 3.63) is 22.7 Å². The highest BCUT2D eigenvalue weighted by Crippen LogP contribution is 2.28. The topological polar surface area (TPSA) is 46.3 Å². The normalized spacial score (nSPS) is 19.5. The van der Waals surface area contributed by atoms with Gasteiger partial charge in [-0.3, -0.25) is 4.79 Å². The molecule has 0 bridgehead atoms. The highest BCUT2D eigenvalue weighted by Gasteiger charge is 2.20. The van der Waals surface area contributed by atoms with Crippen LogP contribution in [0.25, 0.3) is 0 Å². The van der Waals surface area contributed by atoms with Gasteiger partial charge in [0.1, 0.15) is 0 Å². The molecule has 5 heteroatoms. The van der Waals surface area contributed by atoms with E-state index in [-0.39, 0.29) is 5.91 Å². The fourth-order valence-electron chi connectivity index (χ4n) is 2.28. The lowest BCUT2D eigenvalue weighted by atomic mass is 10.0. The highest BCUT2D eigenvalue weighted by atomic mass is 79.9. The van der Waals surface area contributed by atoms with Gasteiger partial charge in [-0.05, 0) is 37.0 Å². The number of thioether (sulfide) groups is 1. The van der Waals surface area contributed by atoms with Crippen LogP contribution in [-0.4, -0.2) is 29.6 Å². The smallest absolute Gasteiger partial charge is 0.232 e. The van der Waals surface area contributed by atoms with E-state index in [0.717, 1.165) is 34.6 Å². The second-order valence-electron chi connectivity index (χ2n) is 5.06. The first-order chi connectivity index (χ1) is 9.06. The van der Waals surface area contributed by atoms with Crippen LogP contribution in [0.1, 0.15) is 19.8 Å². The Balaban J connectivity index is 1.91. The summed E-state index contributed by atoms with van der Waals surface area (Å²) >= 11 is 4.94. The van der Waals surface area contributed by atoms with Crippen LogP contribution < -0.4 is 5.73 Å². The van der Waals surface area contributed by atoms with E-state index in [2.05, 4.69) is 22.9 Å². The lowest BCUT2D eigenvalue weighted by molar-refractivity contribution is -0.130. The number of nitrogens with zero attached hydrogens (tertiary/aromatic N) is 1. The summed E-state index contributed by atoms with van der Waals surface area (Å²) in [5.41, 5.74) is 6.64.